The van der Waals surface area contributed by atoms with Crippen LogP contribution >= 0.6 is 0 Å². The Labute approximate surface area is 264 Å². The quantitative estimate of drug-likeness (QED) is 0.143. The summed E-state index contributed by atoms with van der Waals surface area (Å²) in [5, 5.41) is 54.4. The molecule has 13 rings (SSSR count). The predicted molar refractivity (Wildman–Crippen MR) is 181 cm³/mol. The molecule has 0 saturated carbocycles. The van der Waals surface area contributed by atoms with Crippen molar-refractivity contribution in [2.45, 2.75) is 48.1 Å². The third-order valence-electron chi connectivity index (χ3n) is 11.8. The highest BCUT2D eigenvalue weighted by molar-refractivity contribution is 6.00. The van der Waals surface area contributed by atoms with Crippen LogP contribution in [0.15, 0.2) is 109 Å². The van der Waals surface area contributed by atoms with Gasteiger partial charge in [-0.3, -0.25) is 0 Å². The van der Waals surface area contributed by atoms with E-state index >= 15 is 0 Å². The van der Waals surface area contributed by atoms with Crippen molar-refractivity contribution in [1.29, 1.82) is 0 Å². The molecule has 4 heteroatoms. The van der Waals surface area contributed by atoms with Crippen LogP contribution in [0.4, 0.5) is 0 Å². The van der Waals surface area contributed by atoms with Crippen LogP contribution in [0.5, 0.6) is 0 Å². The van der Waals surface area contributed by atoms with Gasteiger partial charge < -0.3 is 20.4 Å². The van der Waals surface area contributed by atoms with E-state index in [-0.39, 0.29) is 23.7 Å². The first-order valence-corrected chi connectivity index (χ1v) is 16.3. The summed E-state index contributed by atoms with van der Waals surface area (Å²) in [6, 6.07) is 38.7. The highest BCUT2D eigenvalue weighted by Gasteiger charge is 2.50. The third-order valence-corrected chi connectivity index (χ3v) is 11.8. The molecular weight excluding hydrogens is 568 g/mol. The lowest BCUT2D eigenvalue weighted by atomic mass is 9.60. The maximum absolute atomic E-state index is 11.4. The minimum atomic E-state index is -0.865. The Hall–Kier alpha value is -4.58. The second kappa shape index (κ2) is 8.61. The lowest BCUT2D eigenvalue weighted by Crippen LogP contribution is -2.47. The van der Waals surface area contributed by atoms with E-state index in [9.17, 15) is 20.4 Å². The maximum atomic E-state index is 11.4. The van der Waals surface area contributed by atoms with Crippen molar-refractivity contribution in [3.8, 4) is 0 Å². The monoisotopic (exact) mass is 598 g/mol. The SMILES string of the molecule is OC1C2c3cc4ccccc4cc3C(c3cc4cc5cc6c(cc5cc4cc32)C2c3cc4ccccc4cc3C6[C@H](O)[C@@H]2O)C1O. The Kier molecular flexibility index (Phi) is 4.79. The highest BCUT2D eigenvalue weighted by atomic mass is 16.3. The largest absolute Gasteiger partial charge is 0.389 e. The molecule has 0 radical (unpaired) electrons. The lowest BCUT2D eigenvalue weighted by Gasteiger charge is -2.47. The molecule has 46 heavy (non-hydrogen) atoms. The number of fused-ring (bicyclic) bond motifs is 6. The van der Waals surface area contributed by atoms with E-state index in [1.165, 1.54) is 0 Å². The molecule has 7 aromatic rings. The fourth-order valence-corrected chi connectivity index (χ4v) is 9.81. The molecule has 0 heterocycles. The minimum absolute atomic E-state index is 0.295. The second-order valence-corrected chi connectivity index (χ2v) is 14.0. The van der Waals surface area contributed by atoms with Crippen LogP contribution < -0.4 is 0 Å². The lowest BCUT2D eigenvalue weighted by molar-refractivity contribution is -0.0152. The van der Waals surface area contributed by atoms with Crippen molar-refractivity contribution in [3.63, 3.8) is 0 Å². The Bertz CT molecular complexity index is 2160. The molecule has 6 aliphatic rings. The fourth-order valence-electron chi connectivity index (χ4n) is 9.81. The molecular formula is C42H30O4. The Morgan fingerprint density at radius 3 is 0.674 bits per heavy atom. The summed E-state index contributed by atoms with van der Waals surface area (Å²) in [6.45, 7) is 0. The summed E-state index contributed by atoms with van der Waals surface area (Å²) in [5.74, 6) is -1.18. The molecule has 6 aliphatic carbocycles. The summed E-state index contributed by atoms with van der Waals surface area (Å²) in [7, 11) is 0. The number of aliphatic hydroxyl groups excluding tert-OH is 4. The molecule has 6 unspecified atom stereocenters. The van der Waals surface area contributed by atoms with Crippen LogP contribution in [0.2, 0.25) is 0 Å². The van der Waals surface area contributed by atoms with Crippen LogP contribution in [0.25, 0.3) is 43.1 Å². The number of benzene rings is 7. The van der Waals surface area contributed by atoms with Gasteiger partial charge in [0, 0.05) is 23.7 Å². The van der Waals surface area contributed by atoms with Crippen LogP contribution in [-0.2, 0) is 0 Å². The van der Waals surface area contributed by atoms with E-state index in [0.717, 1.165) is 87.6 Å². The van der Waals surface area contributed by atoms with E-state index in [0.29, 0.717) is 0 Å². The molecule has 0 fully saturated rings. The van der Waals surface area contributed by atoms with Crippen molar-refractivity contribution >= 4 is 43.1 Å². The molecule has 0 amide bonds. The van der Waals surface area contributed by atoms with Gasteiger partial charge in [0.2, 0.25) is 0 Å². The van der Waals surface area contributed by atoms with Gasteiger partial charge in [0.05, 0.1) is 24.4 Å². The summed E-state index contributed by atoms with van der Waals surface area (Å²) in [5.41, 5.74) is 8.80. The molecule has 4 N–H and O–H groups in total. The van der Waals surface area contributed by atoms with Crippen molar-refractivity contribution in [1.82, 2.24) is 0 Å². The third kappa shape index (κ3) is 3.08. The molecule has 0 aromatic heterocycles. The molecule has 4 nitrogen and oxygen atoms in total. The molecule has 222 valence electrons. The average Bonchev–Trinajstić information content (AvgIpc) is 3.06. The molecule has 8 atom stereocenters. The Balaban J connectivity index is 1.12. The van der Waals surface area contributed by atoms with Crippen LogP contribution in [0.1, 0.15) is 68.2 Å². The van der Waals surface area contributed by atoms with Gasteiger partial charge in [-0.1, -0.05) is 97.1 Å². The summed E-state index contributed by atoms with van der Waals surface area (Å²) in [6.07, 6.45) is -3.46. The summed E-state index contributed by atoms with van der Waals surface area (Å²) < 4.78 is 0. The van der Waals surface area contributed by atoms with Gasteiger partial charge >= 0.3 is 0 Å². The number of hydrogen-bond acceptors (Lipinski definition) is 4. The zero-order valence-corrected chi connectivity index (χ0v) is 24.8. The second-order valence-electron chi connectivity index (χ2n) is 14.0. The first kappa shape index (κ1) is 25.6. The van der Waals surface area contributed by atoms with Gasteiger partial charge in [0.25, 0.3) is 0 Å². The fraction of sp³-hybridized carbons (Fsp3) is 0.190. The summed E-state index contributed by atoms with van der Waals surface area (Å²) in [4.78, 5) is 0. The molecule has 7 aromatic carbocycles. The molecule has 0 spiro atoms. The van der Waals surface area contributed by atoms with Crippen molar-refractivity contribution in [2.24, 2.45) is 0 Å². The first-order valence-electron chi connectivity index (χ1n) is 16.3. The van der Waals surface area contributed by atoms with Gasteiger partial charge in [-0.2, -0.15) is 0 Å². The number of aliphatic hydroxyl groups is 4. The maximum Gasteiger partial charge on any atom is 0.0917 e. The van der Waals surface area contributed by atoms with Crippen molar-refractivity contribution < 1.29 is 20.4 Å². The Morgan fingerprint density at radius 1 is 0.261 bits per heavy atom. The van der Waals surface area contributed by atoms with Gasteiger partial charge in [-0.25, -0.2) is 0 Å². The zero-order valence-electron chi connectivity index (χ0n) is 24.8. The van der Waals surface area contributed by atoms with Gasteiger partial charge in [-0.15, -0.1) is 0 Å². The van der Waals surface area contributed by atoms with Crippen LogP contribution in [-0.4, -0.2) is 44.8 Å². The average molecular weight is 599 g/mol. The standard InChI is InChI=1S/C42H30O4/c43-39-35-27-11-19-5-1-2-6-20(19)12-28(27)36(40(39)44)32-16-24-10-26-18-34-33(17-25(26)9-23(24)15-31(32)35)37-29-13-21-7-3-4-8-22(21)14-30(29)38(34)42(46)41(37)45/h1-18,35-46H/t35?,36?,37?,38?,39-,40+,41?,42?. The van der Waals surface area contributed by atoms with Crippen LogP contribution in [0, 0.1) is 0 Å². The smallest absolute Gasteiger partial charge is 0.0917 e. The zero-order chi connectivity index (χ0) is 30.6. The van der Waals surface area contributed by atoms with Crippen LogP contribution in [0.3, 0.4) is 0 Å². The number of rotatable bonds is 0. The Morgan fingerprint density at radius 2 is 0.457 bits per heavy atom. The predicted octanol–water partition coefficient (Wildman–Crippen LogP) is 6.92. The summed E-state index contributed by atoms with van der Waals surface area (Å²) >= 11 is 0. The van der Waals surface area contributed by atoms with Gasteiger partial charge in [0.1, 0.15) is 0 Å². The minimum Gasteiger partial charge on any atom is -0.389 e. The van der Waals surface area contributed by atoms with E-state index in [4.69, 9.17) is 0 Å². The van der Waals surface area contributed by atoms with Crippen molar-refractivity contribution in [3.05, 3.63) is 154 Å². The van der Waals surface area contributed by atoms with E-state index in [2.05, 4.69) is 84.9 Å². The highest BCUT2D eigenvalue weighted by Crippen LogP contribution is 2.56. The first-order chi connectivity index (χ1) is 22.4. The molecule has 0 saturated heterocycles. The van der Waals surface area contributed by atoms with E-state index < -0.39 is 24.4 Å². The number of hydrogen-bond donors (Lipinski definition) is 4. The van der Waals surface area contributed by atoms with Gasteiger partial charge in [-0.05, 0) is 99.7 Å². The normalized spacial score (nSPS) is 28.4. The van der Waals surface area contributed by atoms with E-state index in [1.54, 1.807) is 0 Å². The molecule has 0 aliphatic heterocycles. The topological polar surface area (TPSA) is 80.9 Å². The van der Waals surface area contributed by atoms with Gasteiger partial charge in [0.15, 0.2) is 0 Å². The molecule has 4 bridgehead atoms. The van der Waals surface area contributed by atoms with E-state index in [1.807, 2.05) is 24.3 Å². The van der Waals surface area contributed by atoms with Crippen molar-refractivity contribution in [2.75, 3.05) is 0 Å².